The summed E-state index contributed by atoms with van der Waals surface area (Å²) >= 11 is 0. The lowest BCUT2D eigenvalue weighted by atomic mass is 9.38. The number of carbonyl (C=O) groups is 2. The standard InChI is InChI=1S/C31H48O4/c1-19(32)35-25-12-13-30(7)21-8-9-22-23-18-27(2,3)14-16-31(23,26(33)34)17-15-29(22,6)20(21)10-11-24(30)28(25,4)5/h9,20-21,23-25H,8,10-18H2,1-7H3,(H,33,34)/t20-,21+,23?,24+,25+,29+,30-,31+/m1/s1. The summed E-state index contributed by atoms with van der Waals surface area (Å²) in [6, 6.07) is 0. The van der Waals surface area contributed by atoms with Crippen LogP contribution in [0.5, 0.6) is 0 Å². The van der Waals surface area contributed by atoms with E-state index in [0.29, 0.717) is 17.8 Å². The van der Waals surface area contributed by atoms with Crippen molar-refractivity contribution in [3.8, 4) is 0 Å². The summed E-state index contributed by atoms with van der Waals surface area (Å²) in [5.74, 6) is 1.28. The SMILES string of the molecule is CC(=O)O[C@H]1CC[C@]2(C)[C@H]3CC=C4C5CC(C)(C)CC[C@]5(C(=O)O)CC[C@@]4(C)[C@@H]3CC[C@H]2C1(C)C. The molecule has 5 aliphatic rings. The van der Waals surface area contributed by atoms with Gasteiger partial charge in [0.15, 0.2) is 0 Å². The minimum absolute atomic E-state index is 0.00948. The zero-order valence-electron chi connectivity index (χ0n) is 23.2. The molecule has 0 amide bonds. The van der Waals surface area contributed by atoms with Gasteiger partial charge in [-0.2, -0.15) is 0 Å². The third-order valence-corrected chi connectivity index (χ3v) is 12.5. The van der Waals surface area contributed by atoms with Gasteiger partial charge in [0.05, 0.1) is 5.41 Å². The molecule has 0 bridgehead atoms. The third kappa shape index (κ3) is 3.51. The Labute approximate surface area is 212 Å². The number of carbonyl (C=O) groups excluding carboxylic acids is 1. The summed E-state index contributed by atoms with van der Waals surface area (Å²) in [6.07, 6.45) is 12.8. The van der Waals surface area contributed by atoms with Crippen molar-refractivity contribution in [1.82, 2.24) is 0 Å². The zero-order valence-corrected chi connectivity index (χ0v) is 23.2. The van der Waals surface area contributed by atoms with Crippen LogP contribution >= 0.6 is 0 Å². The molecular weight excluding hydrogens is 436 g/mol. The Morgan fingerprint density at radius 1 is 0.914 bits per heavy atom. The highest BCUT2D eigenvalue weighted by molar-refractivity contribution is 5.76. The van der Waals surface area contributed by atoms with Crippen molar-refractivity contribution in [2.24, 2.45) is 50.7 Å². The Kier molecular flexibility index (Phi) is 5.67. The lowest BCUT2D eigenvalue weighted by Crippen LogP contribution is -2.61. The Morgan fingerprint density at radius 3 is 2.26 bits per heavy atom. The number of allylic oxidation sites excluding steroid dienone is 2. The molecule has 1 N–H and O–H groups in total. The van der Waals surface area contributed by atoms with E-state index in [-0.39, 0.29) is 39.7 Å². The van der Waals surface area contributed by atoms with Crippen LogP contribution < -0.4 is 0 Å². The Morgan fingerprint density at radius 2 is 1.60 bits per heavy atom. The van der Waals surface area contributed by atoms with Gasteiger partial charge in [-0.05, 0) is 104 Å². The second kappa shape index (κ2) is 7.84. The van der Waals surface area contributed by atoms with Gasteiger partial charge >= 0.3 is 11.9 Å². The summed E-state index contributed by atoms with van der Waals surface area (Å²) in [4.78, 5) is 24.6. The van der Waals surface area contributed by atoms with Crippen molar-refractivity contribution in [1.29, 1.82) is 0 Å². The first-order valence-electron chi connectivity index (χ1n) is 14.3. The molecule has 0 spiro atoms. The van der Waals surface area contributed by atoms with Crippen LogP contribution in [-0.2, 0) is 14.3 Å². The van der Waals surface area contributed by atoms with Gasteiger partial charge in [0, 0.05) is 12.3 Å². The van der Waals surface area contributed by atoms with E-state index in [9.17, 15) is 14.7 Å². The number of hydrogen-bond acceptors (Lipinski definition) is 3. The molecule has 5 aliphatic carbocycles. The van der Waals surface area contributed by atoms with Crippen molar-refractivity contribution in [2.75, 3.05) is 0 Å². The minimum atomic E-state index is -0.557. The predicted molar refractivity (Wildman–Crippen MR) is 138 cm³/mol. The first kappa shape index (κ1) is 25.3. The van der Waals surface area contributed by atoms with E-state index in [1.165, 1.54) is 18.4 Å². The molecule has 0 aromatic rings. The number of carboxylic acids is 1. The number of rotatable bonds is 2. The molecule has 8 atom stereocenters. The molecule has 4 nitrogen and oxygen atoms in total. The lowest BCUT2D eigenvalue weighted by Gasteiger charge is -2.67. The number of aliphatic carboxylic acids is 1. The monoisotopic (exact) mass is 484 g/mol. The molecule has 0 radical (unpaired) electrons. The predicted octanol–water partition coefficient (Wildman–Crippen LogP) is 7.41. The topological polar surface area (TPSA) is 63.6 Å². The summed E-state index contributed by atoms with van der Waals surface area (Å²) < 4.78 is 5.85. The van der Waals surface area contributed by atoms with Crippen molar-refractivity contribution in [3.63, 3.8) is 0 Å². The number of hydrogen-bond donors (Lipinski definition) is 1. The average Bonchev–Trinajstić information content (AvgIpc) is 2.75. The Balaban J connectivity index is 1.51. The molecule has 0 aliphatic heterocycles. The Bertz CT molecular complexity index is 946. The first-order chi connectivity index (χ1) is 16.2. The third-order valence-electron chi connectivity index (χ3n) is 12.5. The largest absolute Gasteiger partial charge is 0.481 e. The molecule has 5 rings (SSSR count). The maximum Gasteiger partial charge on any atom is 0.310 e. The maximum atomic E-state index is 12.7. The van der Waals surface area contributed by atoms with E-state index in [0.717, 1.165) is 51.4 Å². The van der Waals surface area contributed by atoms with Crippen LogP contribution in [0, 0.1) is 50.7 Å². The highest BCUT2D eigenvalue weighted by atomic mass is 16.5. The van der Waals surface area contributed by atoms with Crippen molar-refractivity contribution >= 4 is 11.9 Å². The van der Waals surface area contributed by atoms with Crippen molar-refractivity contribution in [3.05, 3.63) is 11.6 Å². The summed E-state index contributed by atoms with van der Waals surface area (Å²) in [5.41, 5.74) is 1.50. The Hall–Kier alpha value is -1.32. The summed E-state index contributed by atoms with van der Waals surface area (Å²) in [6.45, 7) is 15.9. The molecular formula is C31H48O4. The smallest absolute Gasteiger partial charge is 0.310 e. The minimum Gasteiger partial charge on any atom is -0.481 e. The van der Waals surface area contributed by atoms with E-state index in [1.54, 1.807) is 6.92 Å². The molecule has 0 saturated heterocycles. The molecule has 0 aromatic carbocycles. The quantitative estimate of drug-likeness (QED) is 0.327. The van der Waals surface area contributed by atoms with Gasteiger partial charge in [0.2, 0.25) is 0 Å². The van der Waals surface area contributed by atoms with Gasteiger partial charge in [-0.15, -0.1) is 0 Å². The molecule has 4 saturated carbocycles. The summed E-state index contributed by atoms with van der Waals surface area (Å²) in [5, 5.41) is 10.5. The maximum absolute atomic E-state index is 12.7. The molecule has 4 fully saturated rings. The van der Waals surface area contributed by atoms with Crippen LogP contribution in [0.2, 0.25) is 0 Å². The number of fused-ring (bicyclic) bond motifs is 7. The number of esters is 1. The van der Waals surface area contributed by atoms with E-state index in [1.807, 2.05) is 0 Å². The van der Waals surface area contributed by atoms with Crippen LogP contribution in [0.3, 0.4) is 0 Å². The first-order valence-corrected chi connectivity index (χ1v) is 14.3. The van der Waals surface area contributed by atoms with Crippen molar-refractivity contribution < 1.29 is 19.4 Å². The molecule has 0 aromatic heterocycles. The van der Waals surface area contributed by atoms with Gasteiger partial charge in [-0.1, -0.05) is 53.2 Å². The van der Waals surface area contributed by atoms with Crippen LogP contribution in [0.4, 0.5) is 0 Å². The highest BCUT2D eigenvalue weighted by Crippen LogP contribution is 2.71. The molecule has 4 heteroatoms. The molecule has 196 valence electrons. The van der Waals surface area contributed by atoms with E-state index in [4.69, 9.17) is 4.74 Å². The van der Waals surface area contributed by atoms with Crippen LogP contribution in [0.15, 0.2) is 11.6 Å². The molecule has 0 heterocycles. The normalized spacial score (nSPS) is 47.7. The lowest BCUT2D eigenvalue weighted by molar-refractivity contribution is -0.192. The fourth-order valence-corrected chi connectivity index (χ4v) is 10.5. The van der Waals surface area contributed by atoms with E-state index < -0.39 is 11.4 Å². The molecule has 1 unspecified atom stereocenters. The fraction of sp³-hybridized carbons (Fsp3) is 0.871. The molecule has 35 heavy (non-hydrogen) atoms. The second-order valence-electron chi connectivity index (χ2n) is 15.0. The van der Waals surface area contributed by atoms with Gasteiger partial charge in [-0.25, -0.2) is 0 Å². The van der Waals surface area contributed by atoms with Crippen LogP contribution in [0.1, 0.15) is 113 Å². The van der Waals surface area contributed by atoms with Gasteiger partial charge in [-0.3, -0.25) is 9.59 Å². The zero-order chi connectivity index (χ0) is 25.6. The van der Waals surface area contributed by atoms with E-state index >= 15 is 0 Å². The average molecular weight is 485 g/mol. The van der Waals surface area contributed by atoms with Crippen LogP contribution in [-0.4, -0.2) is 23.1 Å². The second-order valence-corrected chi connectivity index (χ2v) is 15.0. The highest BCUT2D eigenvalue weighted by Gasteiger charge is 2.65. The summed E-state index contributed by atoms with van der Waals surface area (Å²) in [7, 11) is 0. The number of ether oxygens (including phenoxy) is 1. The van der Waals surface area contributed by atoms with Crippen molar-refractivity contribution in [2.45, 2.75) is 119 Å². The van der Waals surface area contributed by atoms with Gasteiger partial charge in [0.25, 0.3) is 0 Å². The van der Waals surface area contributed by atoms with E-state index in [2.05, 4.69) is 47.6 Å². The van der Waals surface area contributed by atoms with Gasteiger partial charge in [0.1, 0.15) is 6.10 Å². The number of carboxylic acid groups (broad SMARTS) is 1. The van der Waals surface area contributed by atoms with Crippen LogP contribution in [0.25, 0.3) is 0 Å². The van der Waals surface area contributed by atoms with Gasteiger partial charge < -0.3 is 9.84 Å². The fourth-order valence-electron chi connectivity index (χ4n) is 10.5.